The van der Waals surface area contributed by atoms with Crippen molar-refractivity contribution in [2.24, 2.45) is 23.7 Å². The molecule has 8 nitrogen and oxygen atoms in total. The summed E-state index contributed by atoms with van der Waals surface area (Å²) in [5.74, 6) is -1.88. The molecule has 0 bridgehead atoms. The molecule has 2 heterocycles. The number of allylic oxidation sites excluding steroid dienone is 2. The molecule has 3 aromatic carbocycles. The largest absolute Gasteiger partial charge is 0.508 e. The van der Waals surface area contributed by atoms with Gasteiger partial charge in [0.2, 0.25) is 11.8 Å². The molecule has 6 rings (SSSR count). The van der Waals surface area contributed by atoms with Crippen molar-refractivity contribution < 1.29 is 34.4 Å². The Bertz CT molecular complexity index is 1640. The number of carbonyl (C=O) groups excluding carboxylic acids is 2. The summed E-state index contributed by atoms with van der Waals surface area (Å²) in [7, 11) is -2.81. The van der Waals surface area contributed by atoms with Crippen LogP contribution in [0.25, 0.3) is 11.6 Å². The predicted molar refractivity (Wildman–Crippen MR) is 175 cm³/mol. The SMILES string of the molecule is CC(C)C1=C2[C@@H](CC/C(=C/c3ccc(O)cc3)c3ccccc3)OB(O)C[C@@H]2[C@@H]2C(=O)N(c3cccc(B(O)O)c3)C(=O)[C@@H]2C1. The molecule has 2 fully saturated rings. The van der Waals surface area contributed by atoms with Crippen LogP contribution in [0.1, 0.15) is 44.2 Å². The molecule has 0 saturated carbocycles. The number of phenolic OH excluding ortho intramolecular Hbond substituents is 1. The van der Waals surface area contributed by atoms with E-state index in [1.807, 2.05) is 30.3 Å². The highest BCUT2D eigenvalue weighted by Gasteiger charge is 2.57. The Morgan fingerprint density at radius 2 is 1.73 bits per heavy atom. The van der Waals surface area contributed by atoms with Gasteiger partial charge < -0.3 is 24.8 Å². The average Bonchev–Trinajstić information content (AvgIpc) is 3.29. The van der Waals surface area contributed by atoms with Gasteiger partial charge in [-0.1, -0.05) is 80.1 Å². The number of anilines is 1. The fourth-order valence-electron chi connectivity index (χ4n) is 7.34. The van der Waals surface area contributed by atoms with Gasteiger partial charge in [-0.25, -0.2) is 0 Å². The molecule has 2 saturated heterocycles. The van der Waals surface area contributed by atoms with Gasteiger partial charge in [-0.05, 0) is 89.4 Å². The van der Waals surface area contributed by atoms with Crippen LogP contribution in [0.2, 0.25) is 6.32 Å². The molecule has 0 unspecified atom stereocenters. The van der Waals surface area contributed by atoms with Crippen LogP contribution in [-0.4, -0.2) is 52.3 Å². The van der Waals surface area contributed by atoms with Crippen molar-refractivity contribution in [3.63, 3.8) is 0 Å². The lowest BCUT2D eigenvalue weighted by Crippen LogP contribution is -2.46. The first-order chi connectivity index (χ1) is 21.6. The minimum Gasteiger partial charge on any atom is -0.508 e. The van der Waals surface area contributed by atoms with Crippen molar-refractivity contribution in [2.45, 2.75) is 45.5 Å². The van der Waals surface area contributed by atoms with E-state index < -0.39 is 32.2 Å². The molecule has 45 heavy (non-hydrogen) atoms. The van der Waals surface area contributed by atoms with Crippen LogP contribution in [0, 0.1) is 23.7 Å². The molecule has 2 amide bonds. The third kappa shape index (κ3) is 6.16. The molecule has 0 spiro atoms. The van der Waals surface area contributed by atoms with Crippen LogP contribution >= 0.6 is 0 Å². The maximum absolute atomic E-state index is 14.1. The average molecular weight is 605 g/mol. The van der Waals surface area contributed by atoms with Gasteiger partial charge in [-0.15, -0.1) is 0 Å². The van der Waals surface area contributed by atoms with E-state index >= 15 is 0 Å². The number of amides is 2. The van der Waals surface area contributed by atoms with E-state index in [1.54, 1.807) is 24.3 Å². The van der Waals surface area contributed by atoms with Gasteiger partial charge >= 0.3 is 14.2 Å². The molecule has 1 aliphatic carbocycles. The zero-order valence-corrected chi connectivity index (χ0v) is 25.4. The van der Waals surface area contributed by atoms with E-state index in [4.69, 9.17) is 4.65 Å². The van der Waals surface area contributed by atoms with E-state index in [0.29, 0.717) is 24.9 Å². The number of rotatable bonds is 8. The Morgan fingerprint density at radius 3 is 2.42 bits per heavy atom. The van der Waals surface area contributed by atoms with Crippen LogP contribution < -0.4 is 10.4 Å². The predicted octanol–water partition coefficient (Wildman–Crippen LogP) is 4.05. The number of fused-ring (bicyclic) bond motifs is 3. The van der Waals surface area contributed by atoms with Crippen molar-refractivity contribution in [2.75, 3.05) is 4.90 Å². The van der Waals surface area contributed by atoms with Crippen molar-refractivity contribution in [3.8, 4) is 5.75 Å². The Hall–Kier alpha value is -3.95. The minimum atomic E-state index is -1.73. The maximum Gasteiger partial charge on any atom is 0.488 e. The molecule has 3 aromatic rings. The fourth-order valence-corrected chi connectivity index (χ4v) is 7.34. The minimum absolute atomic E-state index is 0.107. The van der Waals surface area contributed by atoms with Gasteiger partial charge in [0.25, 0.3) is 0 Å². The molecule has 230 valence electrons. The van der Waals surface area contributed by atoms with Gasteiger partial charge in [0.05, 0.1) is 23.6 Å². The lowest BCUT2D eigenvalue weighted by Gasteiger charge is -2.44. The van der Waals surface area contributed by atoms with Crippen molar-refractivity contribution in [1.29, 1.82) is 0 Å². The highest BCUT2D eigenvalue weighted by atomic mass is 16.5. The second kappa shape index (κ2) is 12.8. The summed E-state index contributed by atoms with van der Waals surface area (Å²) in [6.07, 6.45) is 3.51. The summed E-state index contributed by atoms with van der Waals surface area (Å²) in [6, 6.07) is 23.3. The van der Waals surface area contributed by atoms with Crippen molar-refractivity contribution in [3.05, 3.63) is 101 Å². The highest BCUT2D eigenvalue weighted by molar-refractivity contribution is 6.58. The quantitative estimate of drug-likeness (QED) is 0.132. The van der Waals surface area contributed by atoms with Crippen LogP contribution in [0.5, 0.6) is 5.75 Å². The topological polar surface area (TPSA) is 128 Å². The molecule has 0 radical (unpaired) electrons. The standard InChI is InChI=1S/C35H37B2NO7/c1-21(2)28-19-29-33(35(41)38(34(29)40)26-10-6-9-25(18-26)37(43)44)30-20-36(42)45-31(32(28)30)16-13-24(23-7-4-3-5-8-23)17-22-11-14-27(39)15-12-22/h3-12,14-15,17-18,21,29-31,33,39,42-44H,13,16,19-20H2,1-2H3/b24-17-/t29-,30+,31-,33-/m1/s1. The lowest BCUT2D eigenvalue weighted by molar-refractivity contribution is -0.122. The van der Waals surface area contributed by atoms with E-state index in [2.05, 4.69) is 32.1 Å². The van der Waals surface area contributed by atoms with Gasteiger partial charge in [0.1, 0.15) is 5.75 Å². The van der Waals surface area contributed by atoms with Gasteiger partial charge in [0.15, 0.2) is 0 Å². The van der Waals surface area contributed by atoms with E-state index in [-0.39, 0.29) is 41.2 Å². The number of hydrogen-bond donors (Lipinski definition) is 4. The highest BCUT2D eigenvalue weighted by Crippen LogP contribution is 2.52. The second-order valence-corrected chi connectivity index (χ2v) is 12.5. The zero-order chi connectivity index (χ0) is 31.8. The molecule has 3 aliphatic rings. The third-order valence-corrected chi connectivity index (χ3v) is 9.42. The van der Waals surface area contributed by atoms with E-state index in [9.17, 15) is 29.8 Å². The number of aromatic hydroxyl groups is 1. The molecular weight excluding hydrogens is 568 g/mol. The summed E-state index contributed by atoms with van der Waals surface area (Å²) in [5.41, 5.74) is 5.72. The molecular formula is C35H37B2NO7. The first kappa shape index (κ1) is 31.0. The molecule has 10 heteroatoms. The Morgan fingerprint density at radius 1 is 1.00 bits per heavy atom. The van der Waals surface area contributed by atoms with Crippen LogP contribution in [0.4, 0.5) is 5.69 Å². The Labute approximate surface area is 264 Å². The van der Waals surface area contributed by atoms with Gasteiger partial charge in [-0.2, -0.15) is 0 Å². The van der Waals surface area contributed by atoms with E-state index in [1.165, 1.54) is 17.0 Å². The Balaban J connectivity index is 1.33. The number of nitrogens with zero attached hydrogens (tertiary/aromatic N) is 1. The first-order valence-corrected chi connectivity index (χ1v) is 15.6. The molecule has 2 aliphatic heterocycles. The fraction of sp³-hybridized carbons (Fsp3) is 0.314. The normalized spacial score (nSPS) is 23.5. The summed E-state index contributed by atoms with van der Waals surface area (Å²) in [6.45, 7) is 4.18. The maximum atomic E-state index is 14.1. The van der Waals surface area contributed by atoms with Crippen LogP contribution in [0.3, 0.4) is 0 Å². The smallest absolute Gasteiger partial charge is 0.488 e. The molecule has 4 atom stereocenters. The van der Waals surface area contributed by atoms with E-state index in [0.717, 1.165) is 27.8 Å². The monoisotopic (exact) mass is 605 g/mol. The number of hydrogen-bond acceptors (Lipinski definition) is 7. The van der Waals surface area contributed by atoms with Crippen LogP contribution in [0.15, 0.2) is 90.0 Å². The van der Waals surface area contributed by atoms with Crippen molar-refractivity contribution >= 4 is 48.9 Å². The van der Waals surface area contributed by atoms with Gasteiger partial charge in [0, 0.05) is 0 Å². The van der Waals surface area contributed by atoms with Gasteiger partial charge in [-0.3, -0.25) is 14.5 Å². The molecule has 0 aromatic heterocycles. The number of benzene rings is 3. The summed E-state index contributed by atoms with van der Waals surface area (Å²) < 4.78 is 6.22. The zero-order valence-electron chi connectivity index (χ0n) is 25.4. The Kier molecular flexibility index (Phi) is 8.84. The van der Waals surface area contributed by atoms with Crippen LogP contribution in [-0.2, 0) is 14.2 Å². The first-order valence-electron chi connectivity index (χ1n) is 15.6. The second-order valence-electron chi connectivity index (χ2n) is 12.5. The lowest BCUT2D eigenvalue weighted by atomic mass is 9.57. The summed E-state index contributed by atoms with van der Waals surface area (Å²) in [4.78, 5) is 29.1. The number of imide groups is 1. The third-order valence-electron chi connectivity index (χ3n) is 9.42. The molecule has 4 N–H and O–H groups in total. The number of phenols is 1. The summed E-state index contributed by atoms with van der Waals surface area (Å²) in [5, 5.41) is 40.2. The van der Waals surface area contributed by atoms with Crippen molar-refractivity contribution in [1.82, 2.24) is 0 Å². The number of carbonyl (C=O) groups is 2. The summed E-state index contributed by atoms with van der Waals surface area (Å²) >= 11 is 0.